The average Bonchev–Trinajstić information content (AvgIpc) is 2.45. The van der Waals surface area contributed by atoms with Gasteiger partial charge in [-0.15, -0.1) is 22.2 Å². The second-order valence-corrected chi connectivity index (χ2v) is 10.8. The Morgan fingerprint density at radius 1 is 0.789 bits per heavy atom. The molecule has 94 valence electrons. The summed E-state index contributed by atoms with van der Waals surface area (Å²) in [6, 6.07) is 20.3. The molecule has 1 aliphatic rings. The van der Waals surface area contributed by atoms with E-state index in [0.29, 0.717) is 0 Å². The van der Waals surface area contributed by atoms with Gasteiger partial charge in [-0.2, -0.15) is 0 Å². The van der Waals surface area contributed by atoms with E-state index < -0.39 is 6.69 Å². The van der Waals surface area contributed by atoms with E-state index in [0.717, 1.165) is 21.5 Å². The first-order valence-electron chi connectivity index (χ1n) is 6.10. The summed E-state index contributed by atoms with van der Waals surface area (Å²) in [6.45, 7) is -2.47. The van der Waals surface area contributed by atoms with Crippen molar-refractivity contribution in [3.05, 3.63) is 83.1 Å². The van der Waals surface area contributed by atoms with Crippen LogP contribution in [0.3, 0.4) is 0 Å². The molecule has 3 heteroatoms. The predicted molar refractivity (Wildman–Crippen MR) is 86.3 cm³/mol. The maximum atomic E-state index is 6.59. The zero-order valence-electron chi connectivity index (χ0n) is 10.2. The van der Waals surface area contributed by atoms with Gasteiger partial charge in [-0.05, 0) is 21.5 Å². The molecule has 3 rings (SSSR count). The maximum absolute atomic E-state index is 6.59. The Kier molecular flexibility index (Phi) is 3.36. The molecule has 0 amide bonds. The van der Waals surface area contributed by atoms with Crippen LogP contribution in [0.5, 0.6) is 0 Å². The van der Waals surface area contributed by atoms with Crippen molar-refractivity contribution >= 4 is 40.1 Å². The van der Waals surface area contributed by atoms with E-state index in [1.807, 2.05) is 36.4 Å². The lowest BCUT2D eigenvalue weighted by molar-refractivity contribution is 1.61. The van der Waals surface area contributed by atoms with E-state index in [1.54, 1.807) is 0 Å². The van der Waals surface area contributed by atoms with Gasteiger partial charge in [0.15, 0.2) is 0 Å². The summed E-state index contributed by atoms with van der Waals surface area (Å²) in [5, 5.41) is 2.17. The van der Waals surface area contributed by atoms with Crippen molar-refractivity contribution in [2.45, 2.75) is 0 Å². The summed E-state index contributed by atoms with van der Waals surface area (Å²) >= 11 is 13.2. The van der Waals surface area contributed by atoms with Gasteiger partial charge in [0.05, 0.1) is 0 Å². The first-order valence-corrected chi connectivity index (χ1v) is 10.1. The molecule has 2 aromatic rings. The first-order chi connectivity index (χ1) is 9.18. The molecule has 0 saturated carbocycles. The number of hydrogen-bond acceptors (Lipinski definition) is 0. The molecular weight excluding hydrogens is 291 g/mol. The summed E-state index contributed by atoms with van der Waals surface area (Å²) in [5.41, 5.74) is 2.27. The molecule has 0 saturated heterocycles. The van der Waals surface area contributed by atoms with Crippen LogP contribution in [0, 0.1) is 0 Å². The molecular formula is C16H12Cl2Si. The molecule has 0 spiro atoms. The van der Waals surface area contributed by atoms with E-state index in [9.17, 15) is 0 Å². The maximum Gasteiger partial charge on any atom is 0.311 e. The highest BCUT2D eigenvalue weighted by Crippen LogP contribution is 2.47. The Morgan fingerprint density at radius 3 is 1.95 bits per heavy atom. The summed E-state index contributed by atoms with van der Waals surface area (Å²) < 4.78 is 0. The van der Waals surface area contributed by atoms with Crippen LogP contribution in [0.15, 0.2) is 71.9 Å². The fourth-order valence-corrected chi connectivity index (χ4v) is 5.42. The highest BCUT2D eigenvalue weighted by atomic mass is 35.7. The van der Waals surface area contributed by atoms with Crippen LogP contribution in [0.2, 0.25) is 0 Å². The van der Waals surface area contributed by atoms with Gasteiger partial charge in [-0.3, -0.25) is 0 Å². The van der Waals surface area contributed by atoms with Gasteiger partial charge < -0.3 is 0 Å². The molecule has 0 atom stereocenters. The number of hydrogen-bond donors (Lipinski definition) is 0. The minimum Gasteiger partial charge on any atom is -0.134 e. The molecule has 1 aliphatic heterocycles. The van der Waals surface area contributed by atoms with Crippen molar-refractivity contribution < 1.29 is 0 Å². The average molecular weight is 303 g/mol. The van der Waals surface area contributed by atoms with E-state index in [-0.39, 0.29) is 0 Å². The molecule has 0 N–H and O–H groups in total. The monoisotopic (exact) mass is 302 g/mol. The third-order valence-corrected chi connectivity index (χ3v) is 7.86. The standard InChI is InChI=1S/C16H12Cl2Si/c17-19(18)15(11-13-7-3-1-4-8-13)12-16(19)14-9-5-2-6-10-14/h1-12H. The van der Waals surface area contributed by atoms with Crippen molar-refractivity contribution in [3.8, 4) is 0 Å². The lowest BCUT2D eigenvalue weighted by Crippen LogP contribution is -2.33. The Bertz CT molecular complexity index is 643. The van der Waals surface area contributed by atoms with E-state index in [4.69, 9.17) is 22.2 Å². The summed E-state index contributed by atoms with van der Waals surface area (Å²) in [5.74, 6) is 0. The largest absolute Gasteiger partial charge is 0.311 e. The molecule has 19 heavy (non-hydrogen) atoms. The van der Waals surface area contributed by atoms with Gasteiger partial charge in [-0.25, -0.2) is 0 Å². The molecule has 0 aromatic heterocycles. The highest BCUT2D eigenvalue weighted by Gasteiger charge is 2.45. The quantitative estimate of drug-likeness (QED) is 0.530. The van der Waals surface area contributed by atoms with Gasteiger partial charge >= 0.3 is 6.69 Å². The fourth-order valence-electron chi connectivity index (χ4n) is 2.16. The van der Waals surface area contributed by atoms with Crippen molar-refractivity contribution in [2.75, 3.05) is 0 Å². The van der Waals surface area contributed by atoms with Crippen molar-refractivity contribution in [1.82, 2.24) is 0 Å². The normalized spacial score (nSPS) is 18.8. The second-order valence-electron chi connectivity index (χ2n) is 4.51. The lowest BCUT2D eigenvalue weighted by atomic mass is 10.1. The molecule has 0 unspecified atom stereocenters. The molecule has 0 nitrogen and oxygen atoms in total. The number of allylic oxidation sites excluding steroid dienone is 2. The third kappa shape index (κ3) is 2.42. The summed E-state index contributed by atoms with van der Waals surface area (Å²) in [7, 11) is 0. The Hall–Kier alpha value is -1.28. The third-order valence-electron chi connectivity index (χ3n) is 3.21. The van der Waals surface area contributed by atoms with Crippen LogP contribution in [-0.2, 0) is 0 Å². The van der Waals surface area contributed by atoms with Crippen molar-refractivity contribution in [3.63, 3.8) is 0 Å². The van der Waals surface area contributed by atoms with Gasteiger partial charge in [0.25, 0.3) is 0 Å². The van der Waals surface area contributed by atoms with E-state index in [1.165, 1.54) is 0 Å². The van der Waals surface area contributed by atoms with Gasteiger partial charge in [0, 0.05) is 0 Å². The molecule has 1 heterocycles. The smallest absolute Gasteiger partial charge is 0.134 e. The molecule has 0 bridgehead atoms. The molecule has 0 aliphatic carbocycles. The van der Waals surface area contributed by atoms with Crippen molar-refractivity contribution in [1.29, 1.82) is 0 Å². The Balaban J connectivity index is 1.96. The predicted octanol–water partition coefficient (Wildman–Crippen LogP) is 5.17. The zero-order chi connectivity index (χ0) is 13.3. The van der Waals surface area contributed by atoms with Gasteiger partial charge in [-0.1, -0.05) is 72.8 Å². The number of halogens is 2. The van der Waals surface area contributed by atoms with E-state index in [2.05, 4.69) is 36.4 Å². The van der Waals surface area contributed by atoms with Gasteiger partial charge in [0.2, 0.25) is 0 Å². The van der Waals surface area contributed by atoms with Gasteiger partial charge in [0.1, 0.15) is 0 Å². The molecule has 2 aromatic carbocycles. The fraction of sp³-hybridized carbons (Fsp3) is 0. The lowest BCUT2D eigenvalue weighted by Gasteiger charge is -2.31. The van der Waals surface area contributed by atoms with Crippen LogP contribution in [0.4, 0.5) is 0 Å². The van der Waals surface area contributed by atoms with E-state index >= 15 is 0 Å². The van der Waals surface area contributed by atoms with Crippen LogP contribution < -0.4 is 0 Å². The first kappa shape index (κ1) is 12.7. The minimum atomic E-state index is -2.47. The summed E-state index contributed by atoms with van der Waals surface area (Å²) in [6.07, 6.45) is 4.19. The summed E-state index contributed by atoms with van der Waals surface area (Å²) in [4.78, 5) is 0. The topological polar surface area (TPSA) is 0 Å². The van der Waals surface area contributed by atoms with Crippen molar-refractivity contribution in [2.24, 2.45) is 0 Å². The second kappa shape index (κ2) is 5.01. The van der Waals surface area contributed by atoms with Crippen LogP contribution >= 0.6 is 22.2 Å². The zero-order valence-corrected chi connectivity index (χ0v) is 12.7. The Morgan fingerprint density at radius 2 is 1.37 bits per heavy atom. The van der Waals surface area contributed by atoms with Crippen LogP contribution in [0.25, 0.3) is 11.3 Å². The number of rotatable bonds is 2. The molecule has 0 radical (unpaired) electrons. The molecule has 0 fully saturated rings. The SMILES string of the molecule is Cl[Si]1(Cl)C(=Cc2ccccc2)C=C1c1ccccc1. The van der Waals surface area contributed by atoms with Crippen LogP contribution in [0.1, 0.15) is 11.1 Å². The highest BCUT2D eigenvalue weighted by molar-refractivity contribution is 7.58. The van der Waals surface area contributed by atoms with Crippen LogP contribution in [-0.4, -0.2) is 6.69 Å². The minimum absolute atomic E-state index is 1.07. The Labute approximate surface area is 123 Å². The number of benzene rings is 2.